The second-order valence-corrected chi connectivity index (χ2v) is 5.67. The molecule has 0 spiro atoms. The zero-order valence-corrected chi connectivity index (χ0v) is 11.6. The zero-order chi connectivity index (χ0) is 13.0. The second kappa shape index (κ2) is 6.31. The Balaban J connectivity index is 2.07. The van der Waals surface area contributed by atoms with Crippen LogP contribution < -0.4 is 11.3 Å². The quantitative estimate of drug-likeness (QED) is 0.488. The van der Waals surface area contributed by atoms with Gasteiger partial charge in [-0.1, -0.05) is 19.8 Å². The Labute approximate surface area is 112 Å². The van der Waals surface area contributed by atoms with E-state index >= 15 is 0 Å². The summed E-state index contributed by atoms with van der Waals surface area (Å²) in [5.41, 5.74) is 3.32. The number of thiophene rings is 1. The molecule has 5 heteroatoms. The molecular formula is C13H21N3OS. The standard InChI is InChI=1S/C13H21N3OS/c1-2-16(11-5-3-4-6-11)9-10-7-8-18-12(10)13(17)15-14/h7-8,11H,2-6,9,14H2,1H3,(H,15,17). The summed E-state index contributed by atoms with van der Waals surface area (Å²) in [6.07, 6.45) is 5.24. The smallest absolute Gasteiger partial charge is 0.275 e. The van der Waals surface area contributed by atoms with E-state index in [2.05, 4.69) is 17.2 Å². The fraction of sp³-hybridized carbons (Fsp3) is 0.615. The molecule has 0 unspecified atom stereocenters. The van der Waals surface area contributed by atoms with Crippen molar-refractivity contribution in [2.75, 3.05) is 6.54 Å². The van der Waals surface area contributed by atoms with Crippen LogP contribution in [0.3, 0.4) is 0 Å². The first-order valence-electron chi connectivity index (χ1n) is 6.57. The van der Waals surface area contributed by atoms with Crippen molar-refractivity contribution in [3.63, 3.8) is 0 Å². The van der Waals surface area contributed by atoms with Gasteiger partial charge in [0, 0.05) is 12.6 Å². The monoisotopic (exact) mass is 267 g/mol. The SMILES string of the molecule is CCN(Cc1ccsc1C(=O)NN)C1CCCC1. The van der Waals surface area contributed by atoms with Gasteiger partial charge >= 0.3 is 0 Å². The molecule has 0 saturated heterocycles. The summed E-state index contributed by atoms with van der Waals surface area (Å²) in [6.45, 7) is 4.07. The fourth-order valence-electron chi connectivity index (χ4n) is 2.71. The third-order valence-electron chi connectivity index (χ3n) is 3.70. The van der Waals surface area contributed by atoms with Crippen LogP contribution in [-0.2, 0) is 6.54 Å². The van der Waals surface area contributed by atoms with E-state index in [1.54, 1.807) is 0 Å². The number of carbonyl (C=O) groups is 1. The highest BCUT2D eigenvalue weighted by molar-refractivity contribution is 7.12. The van der Waals surface area contributed by atoms with E-state index in [1.165, 1.54) is 37.0 Å². The molecule has 0 aromatic carbocycles. The predicted molar refractivity (Wildman–Crippen MR) is 74.3 cm³/mol. The first-order valence-corrected chi connectivity index (χ1v) is 7.45. The first-order chi connectivity index (χ1) is 8.76. The third-order valence-corrected chi connectivity index (χ3v) is 4.66. The largest absolute Gasteiger partial charge is 0.296 e. The number of hydrogen-bond acceptors (Lipinski definition) is 4. The van der Waals surface area contributed by atoms with E-state index in [4.69, 9.17) is 5.84 Å². The molecule has 1 aliphatic rings. The fourth-order valence-corrected chi connectivity index (χ4v) is 3.53. The van der Waals surface area contributed by atoms with Crippen molar-refractivity contribution < 1.29 is 4.79 Å². The average molecular weight is 267 g/mol. The maximum absolute atomic E-state index is 11.6. The molecule has 1 aliphatic carbocycles. The summed E-state index contributed by atoms with van der Waals surface area (Å²) in [5.74, 6) is 5.03. The molecule has 3 N–H and O–H groups in total. The van der Waals surface area contributed by atoms with E-state index in [-0.39, 0.29) is 5.91 Å². The van der Waals surface area contributed by atoms with Gasteiger partial charge in [0.05, 0.1) is 4.88 Å². The summed E-state index contributed by atoms with van der Waals surface area (Å²) < 4.78 is 0. The van der Waals surface area contributed by atoms with E-state index < -0.39 is 0 Å². The topological polar surface area (TPSA) is 58.4 Å². The molecule has 1 saturated carbocycles. The van der Waals surface area contributed by atoms with Gasteiger partial charge in [-0.2, -0.15) is 0 Å². The lowest BCUT2D eigenvalue weighted by Gasteiger charge is -2.27. The highest BCUT2D eigenvalue weighted by atomic mass is 32.1. The molecule has 1 aromatic rings. The zero-order valence-electron chi connectivity index (χ0n) is 10.8. The van der Waals surface area contributed by atoms with Crippen molar-refractivity contribution in [3.8, 4) is 0 Å². The van der Waals surface area contributed by atoms with Crippen LogP contribution >= 0.6 is 11.3 Å². The van der Waals surface area contributed by atoms with Gasteiger partial charge in [-0.05, 0) is 36.4 Å². The number of nitrogens with one attached hydrogen (secondary N) is 1. The Kier molecular flexibility index (Phi) is 4.74. The lowest BCUT2D eigenvalue weighted by Crippen LogP contribution is -2.34. The summed E-state index contributed by atoms with van der Waals surface area (Å²) in [7, 11) is 0. The Morgan fingerprint density at radius 3 is 2.89 bits per heavy atom. The molecule has 1 aromatic heterocycles. The molecular weight excluding hydrogens is 246 g/mol. The summed E-state index contributed by atoms with van der Waals surface area (Å²) >= 11 is 1.46. The van der Waals surface area contributed by atoms with Crippen LogP contribution in [0.15, 0.2) is 11.4 Å². The Bertz CT molecular complexity index is 399. The van der Waals surface area contributed by atoms with Crippen LogP contribution in [0.2, 0.25) is 0 Å². The number of hydrogen-bond donors (Lipinski definition) is 2. The molecule has 0 bridgehead atoms. The molecule has 1 heterocycles. The summed E-state index contributed by atoms with van der Waals surface area (Å²) in [6, 6.07) is 2.72. The van der Waals surface area contributed by atoms with Gasteiger partial charge in [0.2, 0.25) is 0 Å². The first kappa shape index (κ1) is 13.5. The van der Waals surface area contributed by atoms with Gasteiger partial charge in [0.25, 0.3) is 5.91 Å². The minimum atomic E-state index is -0.178. The third kappa shape index (κ3) is 2.91. The molecule has 100 valence electrons. The van der Waals surface area contributed by atoms with Crippen molar-refractivity contribution in [1.82, 2.24) is 10.3 Å². The summed E-state index contributed by atoms with van der Waals surface area (Å²) in [4.78, 5) is 14.9. The van der Waals surface area contributed by atoms with E-state index in [0.29, 0.717) is 6.04 Å². The number of hydrazine groups is 1. The van der Waals surface area contributed by atoms with Crippen molar-refractivity contribution in [1.29, 1.82) is 0 Å². The number of nitrogens with zero attached hydrogens (tertiary/aromatic N) is 1. The highest BCUT2D eigenvalue weighted by Gasteiger charge is 2.23. The van der Waals surface area contributed by atoms with Crippen molar-refractivity contribution >= 4 is 17.2 Å². The van der Waals surface area contributed by atoms with Crippen LogP contribution in [0.4, 0.5) is 0 Å². The van der Waals surface area contributed by atoms with Crippen LogP contribution in [0.1, 0.15) is 47.8 Å². The Morgan fingerprint density at radius 1 is 1.56 bits per heavy atom. The van der Waals surface area contributed by atoms with Gasteiger partial charge in [0.1, 0.15) is 0 Å². The van der Waals surface area contributed by atoms with Gasteiger partial charge < -0.3 is 0 Å². The second-order valence-electron chi connectivity index (χ2n) is 4.75. The molecule has 4 nitrogen and oxygen atoms in total. The van der Waals surface area contributed by atoms with Crippen molar-refractivity contribution in [2.45, 2.75) is 45.2 Å². The Morgan fingerprint density at radius 2 is 2.28 bits per heavy atom. The maximum atomic E-state index is 11.6. The van der Waals surface area contributed by atoms with Gasteiger partial charge in [-0.25, -0.2) is 5.84 Å². The number of rotatable bonds is 5. The number of carbonyl (C=O) groups excluding carboxylic acids is 1. The molecule has 0 aliphatic heterocycles. The molecule has 2 rings (SSSR count). The molecule has 0 radical (unpaired) electrons. The van der Waals surface area contributed by atoms with Crippen LogP contribution in [-0.4, -0.2) is 23.4 Å². The minimum absolute atomic E-state index is 0.178. The van der Waals surface area contributed by atoms with Gasteiger partial charge in [0.15, 0.2) is 0 Å². The van der Waals surface area contributed by atoms with Gasteiger partial charge in [-0.3, -0.25) is 15.1 Å². The maximum Gasteiger partial charge on any atom is 0.275 e. The van der Waals surface area contributed by atoms with Crippen molar-refractivity contribution in [2.24, 2.45) is 5.84 Å². The van der Waals surface area contributed by atoms with Crippen molar-refractivity contribution in [3.05, 3.63) is 21.9 Å². The van der Waals surface area contributed by atoms with Crippen LogP contribution in [0, 0.1) is 0 Å². The normalized spacial score (nSPS) is 16.4. The minimum Gasteiger partial charge on any atom is -0.296 e. The number of amides is 1. The molecule has 1 amide bonds. The predicted octanol–water partition coefficient (Wildman–Crippen LogP) is 2.12. The number of nitrogen functional groups attached to an aromatic ring is 1. The van der Waals surface area contributed by atoms with Crippen LogP contribution in [0.5, 0.6) is 0 Å². The van der Waals surface area contributed by atoms with E-state index in [0.717, 1.165) is 23.5 Å². The summed E-state index contributed by atoms with van der Waals surface area (Å²) in [5, 5.41) is 1.96. The lowest BCUT2D eigenvalue weighted by atomic mass is 10.1. The van der Waals surface area contributed by atoms with Gasteiger partial charge in [-0.15, -0.1) is 11.3 Å². The molecule has 18 heavy (non-hydrogen) atoms. The average Bonchev–Trinajstić information content (AvgIpc) is 3.05. The molecule has 0 atom stereocenters. The Hall–Kier alpha value is -0.910. The highest BCUT2D eigenvalue weighted by Crippen LogP contribution is 2.26. The number of nitrogens with two attached hydrogens (primary N) is 1. The van der Waals surface area contributed by atoms with E-state index in [1.807, 2.05) is 11.4 Å². The van der Waals surface area contributed by atoms with E-state index in [9.17, 15) is 4.79 Å². The van der Waals surface area contributed by atoms with Crippen LogP contribution in [0.25, 0.3) is 0 Å². The molecule has 1 fully saturated rings. The lowest BCUT2D eigenvalue weighted by molar-refractivity contribution is 0.0955.